The summed E-state index contributed by atoms with van der Waals surface area (Å²) in [6.07, 6.45) is 9.98. The molecule has 4 aliphatic rings. The molecule has 45 heavy (non-hydrogen) atoms. The highest BCUT2D eigenvalue weighted by atomic mass is 16.6. The molecule has 0 amide bonds. The van der Waals surface area contributed by atoms with Gasteiger partial charge in [-0.3, -0.25) is 0 Å². The van der Waals surface area contributed by atoms with Gasteiger partial charge in [-0.2, -0.15) is 0 Å². The maximum absolute atomic E-state index is 6.93. The lowest BCUT2D eigenvalue weighted by atomic mass is 9.75. The molecule has 2 atom stereocenters. The lowest BCUT2D eigenvalue weighted by molar-refractivity contribution is 0.353. The van der Waals surface area contributed by atoms with Crippen molar-refractivity contribution in [2.45, 2.75) is 50.9 Å². The van der Waals surface area contributed by atoms with E-state index in [1.807, 2.05) is 0 Å². The normalized spacial score (nSPS) is 19.2. The standard InChI is InChI=1S/C43H36O2/c1-42(2)33-19-11-9-16-30(33)39-34(42)23-24-37-41(39)45-36-20-12-17-31(40(36)44-37)38(26-13-6-5-7-14-26)27-21-22-29-28-15-8-10-18-32(28)43(3,4)35(29)25-27/h5-13,15-26,38H,14H2,1-4H3. The minimum Gasteiger partial charge on any atom is -0.449 e. The molecule has 5 aromatic rings. The first-order valence-corrected chi connectivity index (χ1v) is 16.2. The van der Waals surface area contributed by atoms with Crippen LogP contribution >= 0.6 is 0 Å². The van der Waals surface area contributed by atoms with E-state index in [0.29, 0.717) is 5.92 Å². The largest absolute Gasteiger partial charge is 0.449 e. The van der Waals surface area contributed by atoms with Crippen molar-refractivity contribution in [3.63, 3.8) is 0 Å². The van der Waals surface area contributed by atoms with Crippen molar-refractivity contribution in [2.75, 3.05) is 0 Å². The molecule has 0 saturated heterocycles. The monoisotopic (exact) mass is 584 g/mol. The molecule has 0 bridgehead atoms. The van der Waals surface area contributed by atoms with Crippen LogP contribution < -0.4 is 9.47 Å². The molecule has 3 aliphatic carbocycles. The Hall–Kier alpha value is -4.82. The molecule has 2 nitrogen and oxygen atoms in total. The number of hydrogen-bond donors (Lipinski definition) is 0. The fourth-order valence-corrected chi connectivity index (χ4v) is 8.53. The molecule has 5 aromatic carbocycles. The molecule has 1 aliphatic heterocycles. The van der Waals surface area contributed by atoms with E-state index in [2.05, 4.69) is 149 Å². The third-order valence-corrected chi connectivity index (χ3v) is 10.8. The van der Waals surface area contributed by atoms with Gasteiger partial charge in [-0.05, 0) is 69.0 Å². The molecule has 0 spiro atoms. The van der Waals surface area contributed by atoms with Crippen LogP contribution in [-0.2, 0) is 10.8 Å². The van der Waals surface area contributed by atoms with E-state index >= 15 is 0 Å². The number of benzene rings is 5. The zero-order chi connectivity index (χ0) is 30.5. The van der Waals surface area contributed by atoms with Crippen LogP contribution in [-0.4, -0.2) is 0 Å². The lowest BCUT2D eigenvalue weighted by Crippen LogP contribution is -2.18. The smallest absolute Gasteiger partial charge is 0.178 e. The van der Waals surface area contributed by atoms with Crippen molar-refractivity contribution in [1.82, 2.24) is 0 Å². The summed E-state index contributed by atoms with van der Waals surface area (Å²) < 4.78 is 13.8. The van der Waals surface area contributed by atoms with Crippen molar-refractivity contribution >= 4 is 0 Å². The summed E-state index contributed by atoms with van der Waals surface area (Å²) in [6.45, 7) is 9.31. The fourth-order valence-electron chi connectivity index (χ4n) is 8.53. The summed E-state index contributed by atoms with van der Waals surface area (Å²) in [5, 5.41) is 0. The van der Waals surface area contributed by atoms with E-state index in [1.54, 1.807) is 0 Å². The van der Waals surface area contributed by atoms with Crippen molar-refractivity contribution in [2.24, 2.45) is 5.92 Å². The number of fused-ring (bicyclic) bond motifs is 9. The zero-order valence-electron chi connectivity index (χ0n) is 26.2. The Morgan fingerprint density at radius 3 is 2.09 bits per heavy atom. The minimum absolute atomic E-state index is 0.0616. The van der Waals surface area contributed by atoms with Crippen molar-refractivity contribution in [3.05, 3.63) is 155 Å². The highest BCUT2D eigenvalue weighted by Gasteiger charge is 2.41. The van der Waals surface area contributed by atoms with Gasteiger partial charge in [0.25, 0.3) is 0 Å². The van der Waals surface area contributed by atoms with Crippen LogP contribution in [0.4, 0.5) is 0 Å². The van der Waals surface area contributed by atoms with Gasteiger partial charge in [0.2, 0.25) is 0 Å². The van der Waals surface area contributed by atoms with Gasteiger partial charge in [-0.25, -0.2) is 0 Å². The Morgan fingerprint density at radius 1 is 0.600 bits per heavy atom. The third kappa shape index (κ3) is 3.69. The summed E-state index contributed by atoms with van der Waals surface area (Å²) in [5.41, 5.74) is 12.8. The van der Waals surface area contributed by atoms with Gasteiger partial charge in [0.1, 0.15) is 0 Å². The molecule has 220 valence electrons. The Labute approximate surface area is 265 Å². The Kier molecular flexibility index (Phi) is 5.52. The van der Waals surface area contributed by atoms with E-state index in [1.165, 1.54) is 44.5 Å². The van der Waals surface area contributed by atoms with Gasteiger partial charge >= 0.3 is 0 Å². The van der Waals surface area contributed by atoms with E-state index in [9.17, 15) is 0 Å². The van der Waals surface area contributed by atoms with E-state index in [-0.39, 0.29) is 16.7 Å². The SMILES string of the molecule is CC1(C)c2ccccc2-c2ccc(C(c3cccc4c3Oc3ccc5c(c3O4)-c3ccccc3C5(C)C)C3C=CC=CC3)cc21. The molecule has 0 radical (unpaired) electrons. The highest BCUT2D eigenvalue weighted by Crippen LogP contribution is 2.60. The number of ether oxygens (including phenoxy) is 2. The van der Waals surface area contributed by atoms with Gasteiger partial charge in [0, 0.05) is 27.9 Å². The van der Waals surface area contributed by atoms with Crippen LogP contribution in [0.5, 0.6) is 23.0 Å². The van der Waals surface area contributed by atoms with Gasteiger partial charge in [0.15, 0.2) is 23.0 Å². The molecule has 9 rings (SSSR count). The Bertz CT molecular complexity index is 2110. The first-order valence-electron chi connectivity index (χ1n) is 16.2. The predicted octanol–water partition coefficient (Wildman–Crippen LogP) is 11.5. The summed E-state index contributed by atoms with van der Waals surface area (Å²) >= 11 is 0. The second-order valence-electron chi connectivity index (χ2n) is 14.0. The lowest BCUT2D eigenvalue weighted by Gasteiger charge is -2.32. The number of allylic oxidation sites excluding steroid dienone is 4. The van der Waals surface area contributed by atoms with E-state index in [4.69, 9.17) is 9.47 Å². The topological polar surface area (TPSA) is 18.5 Å². The summed E-state index contributed by atoms with van der Waals surface area (Å²) in [4.78, 5) is 0. The van der Waals surface area contributed by atoms with Crippen molar-refractivity contribution in [1.29, 1.82) is 0 Å². The molecule has 2 heteroatoms. The molecule has 0 saturated carbocycles. The molecule has 0 N–H and O–H groups in total. The molecule has 0 aromatic heterocycles. The van der Waals surface area contributed by atoms with Gasteiger partial charge in [-0.1, -0.05) is 137 Å². The van der Waals surface area contributed by atoms with Crippen LogP contribution in [0.15, 0.2) is 121 Å². The first-order chi connectivity index (χ1) is 21.8. The van der Waals surface area contributed by atoms with Crippen LogP contribution in [0.3, 0.4) is 0 Å². The second kappa shape index (κ2) is 9.34. The van der Waals surface area contributed by atoms with Crippen molar-refractivity contribution in [3.8, 4) is 45.3 Å². The van der Waals surface area contributed by atoms with Gasteiger partial charge in [-0.15, -0.1) is 0 Å². The Morgan fingerprint density at radius 2 is 1.29 bits per heavy atom. The second-order valence-corrected chi connectivity index (χ2v) is 14.0. The van der Waals surface area contributed by atoms with Crippen LogP contribution in [0.25, 0.3) is 22.3 Å². The number of hydrogen-bond acceptors (Lipinski definition) is 2. The van der Waals surface area contributed by atoms with Crippen molar-refractivity contribution < 1.29 is 9.47 Å². The molecule has 0 fully saturated rings. The number of para-hydroxylation sites is 1. The van der Waals surface area contributed by atoms with Gasteiger partial charge < -0.3 is 9.47 Å². The Balaban J connectivity index is 1.18. The van der Waals surface area contributed by atoms with E-state index < -0.39 is 0 Å². The first kappa shape index (κ1) is 26.6. The molecular formula is C43H36O2. The molecular weight excluding hydrogens is 548 g/mol. The highest BCUT2D eigenvalue weighted by molar-refractivity contribution is 5.88. The quantitative estimate of drug-likeness (QED) is 0.206. The maximum Gasteiger partial charge on any atom is 0.178 e. The third-order valence-electron chi connectivity index (χ3n) is 10.8. The molecule has 2 unspecified atom stereocenters. The van der Waals surface area contributed by atoms with Crippen LogP contribution in [0.2, 0.25) is 0 Å². The summed E-state index contributed by atoms with van der Waals surface area (Å²) in [6, 6.07) is 35.5. The van der Waals surface area contributed by atoms with Crippen LogP contribution in [0, 0.1) is 5.92 Å². The number of rotatable bonds is 3. The summed E-state index contributed by atoms with van der Waals surface area (Å²) in [5.74, 6) is 3.61. The summed E-state index contributed by atoms with van der Waals surface area (Å²) in [7, 11) is 0. The van der Waals surface area contributed by atoms with Gasteiger partial charge in [0.05, 0.1) is 0 Å². The molecule has 1 heterocycles. The van der Waals surface area contributed by atoms with E-state index in [0.717, 1.165) is 40.5 Å². The fraction of sp³-hybridized carbons (Fsp3) is 0.209. The average Bonchev–Trinajstić information content (AvgIpc) is 3.44. The predicted molar refractivity (Wildman–Crippen MR) is 183 cm³/mol. The average molecular weight is 585 g/mol. The minimum atomic E-state index is -0.0978. The maximum atomic E-state index is 6.93. The van der Waals surface area contributed by atoms with Crippen LogP contribution in [0.1, 0.15) is 73.4 Å². The zero-order valence-corrected chi connectivity index (χ0v) is 26.2.